The molecule has 0 saturated carbocycles. The van der Waals surface area contributed by atoms with Crippen LogP contribution in [0.2, 0.25) is 0 Å². The molecule has 0 saturated heterocycles. The Labute approximate surface area is 115 Å². The molecular weight excluding hydrogens is 254 g/mol. The van der Waals surface area contributed by atoms with Crippen molar-refractivity contribution < 1.29 is 4.74 Å². The summed E-state index contributed by atoms with van der Waals surface area (Å²) in [7, 11) is 1.60. The first-order chi connectivity index (χ1) is 9.74. The number of fused-ring (bicyclic) bond motifs is 1. The summed E-state index contributed by atoms with van der Waals surface area (Å²) in [5.41, 5.74) is 2.99. The summed E-state index contributed by atoms with van der Waals surface area (Å²) in [6.45, 7) is 1.92. The Balaban J connectivity index is 2.30. The number of rotatable bonds is 3. The molecule has 5 heteroatoms. The van der Waals surface area contributed by atoms with E-state index in [9.17, 15) is 4.91 Å². The van der Waals surface area contributed by atoms with E-state index in [-0.39, 0.29) is 0 Å². The Hall–Kier alpha value is -2.69. The molecule has 1 aromatic carbocycles. The molecule has 0 radical (unpaired) electrons. The molecule has 0 N–H and O–H groups in total. The van der Waals surface area contributed by atoms with Crippen LogP contribution in [0.4, 0.5) is 5.82 Å². The maximum absolute atomic E-state index is 11.2. The summed E-state index contributed by atoms with van der Waals surface area (Å²) in [5, 5.41) is 3.16. The number of aryl methyl sites for hydroxylation is 1. The number of ether oxygens (including phenoxy) is 1. The third-order valence-electron chi connectivity index (χ3n) is 3.24. The van der Waals surface area contributed by atoms with Gasteiger partial charge in [-0.3, -0.25) is 4.40 Å². The molecule has 0 bridgehead atoms. The van der Waals surface area contributed by atoms with Gasteiger partial charge in [0.1, 0.15) is 17.1 Å². The van der Waals surface area contributed by atoms with Crippen molar-refractivity contribution in [3.63, 3.8) is 0 Å². The molecule has 0 amide bonds. The number of hydrogen-bond acceptors (Lipinski definition) is 4. The molecule has 0 unspecified atom stereocenters. The molecule has 0 aliphatic rings. The minimum Gasteiger partial charge on any atom is -0.497 e. The van der Waals surface area contributed by atoms with Crippen molar-refractivity contribution >= 4 is 11.5 Å². The predicted octanol–water partition coefficient (Wildman–Crippen LogP) is 3.72. The number of aromatic nitrogens is 2. The van der Waals surface area contributed by atoms with Gasteiger partial charge < -0.3 is 4.74 Å². The smallest absolute Gasteiger partial charge is 0.209 e. The highest BCUT2D eigenvalue weighted by Crippen LogP contribution is 2.33. The largest absolute Gasteiger partial charge is 0.497 e. The van der Waals surface area contributed by atoms with Crippen LogP contribution in [0.3, 0.4) is 0 Å². The van der Waals surface area contributed by atoms with Crippen LogP contribution in [0, 0.1) is 11.8 Å². The third-order valence-corrected chi connectivity index (χ3v) is 3.24. The SMILES string of the molecule is COc1cccc(-c2nc3cccc(C)n3c2N=O)c1. The standard InChI is InChI=1S/C15H13N3O2/c1-10-5-3-8-13-16-14(15(17-19)18(10)13)11-6-4-7-12(9-11)20-2/h3-9H,1-2H3. The molecule has 100 valence electrons. The number of nitroso groups, excluding NO2 is 1. The lowest BCUT2D eigenvalue weighted by Gasteiger charge is -2.02. The van der Waals surface area contributed by atoms with E-state index in [1.807, 2.05) is 49.4 Å². The van der Waals surface area contributed by atoms with Crippen LogP contribution in [0.15, 0.2) is 47.6 Å². The van der Waals surface area contributed by atoms with E-state index in [4.69, 9.17) is 4.74 Å². The first-order valence-electron chi connectivity index (χ1n) is 6.20. The molecule has 2 aromatic heterocycles. The fourth-order valence-corrected chi connectivity index (χ4v) is 2.28. The molecule has 2 heterocycles. The summed E-state index contributed by atoms with van der Waals surface area (Å²) in [5.74, 6) is 1.03. The van der Waals surface area contributed by atoms with Crippen molar-refractivity contribution in [2.75, 3.05) is 7.11 Å². The zero-order valence-electron chi connectivity index (χ0n) is 11.2. The van der Waals surface area contributed by atoms with Gasteiger partial charge in [0.15, 0.2) is 0 Å². The fraction of sp³-hybridized carbons (Fsp3) is 0.133. The lowest BCUT2D eigenvalue weighted by Crippen LogP contribution is -1.88. The number of pyridine rings is 1. The molecule has 0 spiro atoms. The van der Waals surface area contributed by atoms with Crippen LogP contribution in [-0.4, -0.2) is 16.5 Å². The molecule has 0 aliphatic heterocycles. The summed E-state index contributed by atoms with van der Waals surface area (Å²) in [6.07, 6.45) is 0. The van der Waals surface area contributed by atoms with Gasteiger partial charge >= 0.3 is 0 Å². The molecule has 5 nitrogen and oxygen atoms in total. The van der Waals surface area contributed by atoms with Crippen LogP contribution in [0.1, 0.15) is 5.69 Å². The van der Waals surface area contributed by atoms with Gasteiger partial charge in [0, 0.05) is 11.3 Å². The Morgan fingerprint density at radius 1 is 1.20 bits per heavy atom. The zero-order valence-corrected chi connectivity index (χ0v) is 11.2. The van der Waals surface area contributed by atoms with Crippen LogP contribution in [0.5, 0.6) is 5.75 Å². The topological polar surface area (TPSA) is 56.0 Å². The highest BCUT2D eigenvalue weighted by Gasteiger charge is 2.16. The maximum atomic E-state index is 11.2. The van der Waals surface area contributed by atoms with E-state index in [0.29, 0.717) is 22.9 Å². The molecule has 0 atom stereocenters. The number of methoxy groups -OCH3 is 1. The van der Waals surface area contributed by atoms with E-state index in [1.165, 1.54) is 0 Å². The van der Waals surface area contributed by atoms with E-state index in [0.717, 1.165) is 11.3 Å². The molecule has 3 rings (SSSR count). The van der Waals surface area contributed by atoms with Crippen molar-refractivity contribution in [1.82, 2.24) is 9.38 Å². The van der Waals surface area contributed by atoms with Crippen molar-refractivity contribution in [3.8, 4) is 17.0 Å². The van der Waals surface area contributed by atoms with Gasteiger partial charge in [0.2, 0.25) is 5.82 Å². The van der Waals surface area contributed by atoms with Crippen LogP contribution in [0.25, 0.3) is 16.9 Å². The minimum atomic E-state index is 0.311. The minimum absolute atomic E-state index is 0.311. The number of imidazole rings is 1. The normalized spacial score (nSPS) is 10.7. The van der Waals surface area contributed by atoms with Gasteiger partial charge in [-0.1, -0.05) is 18.2 Å². The highest BCUT2D eigenvalue weighted by atomic mass is 16.5. The Kier molecular flexibility index (Phi) is 2.95. The third kappa shape index (κ3) is 1.84. The summed E-state index contributed by atoms with van der Waals surface area (Å²) in [4.78, 5) is 15.7. The highest BCUT2D eigenvalue weighted by molar-refractivity contribution is 5.75. The lowest BCUT2D eigenvalue weighted by molar-refractivity contribution is 0.415. The van der Waals surface area contributed by atoms with Crippen molar-refractivity contribution in [2.24, 2.45) is 5.18 Å². The van der Waals surface area contributed by atoms with Gasteiger partial charge in [0.25, 0.3) is 0 Å². The number of hydrogen-bond donors (Lipinski definition) is 0. The zero-order chi connectivity index (χ0) is 14.1. The summed E-state index contributed by atoms with van der Waals surface area (Å²) < 4.78 is 6.96. The molecule has 0 aliphatic carbocycles. The Morgan fingerprint density at radius 2 is 2.00 bits per heavy atom. The second-order valence-electron chi connectivity index (χ2n) is 4.47. The molecule has 20 heavy (non-hydrogen) atoms. The van der Waals surface area contributed by atoms with Crippen LogP contribution < -0.4 is 4.74 Å². The Morgan fingerprint density at radius 3 is 2.75 bits per heavy atom. The maximum Gasteiger partial charge on any atom is 0.209 e. The van der Waals surface area contributed by atoms with Crippen LogP contribution >= 0.6 is 0 Å². The van der Waals surface area contributed by atoms with Crippen molar-refractivity contribution in [2.45, 2.75) is 6.92 Å². The summed E-state index contributed by atoms with van der Waals surface area (Å²) in [6, 6.07) is 13.1. The fourth-order valence-electron chi connectivity index (χ4n) is 2.28. The first kappa shape index (κ1) is 12.3. The second-order valence-corrected chi connectivity index (χ2v) is 4.47. The number of benzene rings is 1. The average Bonchev–Trinajstić information content (AvgIpc) is 2.87. The van der Waals surface area contributed by atoms with E-state index >= 15 is 0 Å². The molecular formula is C15H13N3O2. The monoisotopic (exact) mass is 267 g/mol. The van der Waals surface area contributed by atoms with Crippen molar-refractivity contribution in [1.29, 1.82) is 0 Å². The van der Waals surface area contributed by atoms with E-state index in [1.54, 1.807) is 11.5 Å². The van der Waals surface area contributed by atoms with Crippen molar-refractivity contribution in [3.05, 3.63) is 53.1 Å². The predicted molar refractivity (Wildman–Crippen MR) is 77.4 cm³/mol. The van der Waals surface area contributed by atoms with E-state index in [2.05, 4.69) is 10.2 Å². The molecule has 3 aromatic rings. The number of nitrogens with zero attached hydrogens (tertiary/aromatic N) is 3. The van der Waals surface area contributed by atoms with Gasteiger partial charge in [-0.15, -0.1) is 4.91 Å². The Bertz CT molecular complexity index is 793. The lowest BCUT2D eigenvalue weighted by atomic mass is 10.1. The average molecular weight is 267 g/mol. The molecule has 0 fully saturated rings. The van der Waals surface area contributed by atoms with Gasteiger partial charge in [0.05, 0.1) is 7.11 Å². The quantitative estimate of drug-likeness (QED) is 0.679. The van der Waals surface area contributed by atoms with Gasteiger partial charge in [-0.25, -0.2) is 4.98 Å². The van der Waals surface area contributed by atoms with Crippen LogP contribution in [-0.2, 0) is 0 Å². The van der Waals surface area contributed by atoms with E-state index < -0.39 is 0 Å². The van der Waals surface area contributed by atoms with Gasteiger partial charge in [-0.2, -0.15) is 0 Å². The summed E-state index contributed by atoms with van der Waals surface area (Å²) >= 11 is 0. The van der Waals surface area contributed by atoms with Gasteiger partial charge in [-0.05, 0) is 36.4 Å². The second kappa shape index (κ2) is 4.77. The first-order valence-corrected chi connectivity index (χ1v) is 6.20.